The van der Waals surface area contributed by atoms with Crippen LogP contribution in [0, 0.1) is 6.92 Å². The lowest BCUT2D eigenvalue weighted by Gasteiger charge is -2.11. The minimum atomic E-state index is -0.344. The molecule has 1 heterocycles. The second-order valence-electron chi connectivity index (χ2n) is 5.65. The Kier molecular flexibility index (Phi) is 6.56. The van der Waals surface area contributed by atoms with Gasteiger partial charge in [-0.05, 0) is 32.9 Å². The van der Waals surface area contributed by atoms with Crippen LogP contribution in [-0.2, 0) is 0 Å². The van der Waals surface area contributed by atoms with E-state index in [1.165, 1.54) is 11.3 Å². The molecule has 0 radical (unpaired) electrons. The van der Waals surface area contributed by atoms with Gasteiger partial charge in [0.05, 0.1) is 17.3 Å². The topological polar surface area (TPSA) is 51.2 Å². The lowest BCUT2D eigenvalue weighted by atomic mass is 10.0. The van der Waals surface area contributed by atoms with Crippen molar-refractivity contribution in [2.75, 3.05) is 11.9 Å². The van der Waals surface area contributed by atoms with E-state index >= 15 is 0 Å². The van der Waals surface area contributed by atoms with Crippen molar-refractivity contribution >= 4 is 32.5 Å². The van der Waals surface area contributed by atoms with Crippen LogP contribution in [0.1, 0.15) is 29.8 Å². The average Bonchev–Trinajstić information content (AvgIpc) is 2.98. The highest BCUT2D eigenvalue weighted by Crippen LogP contribution is 2.32. The molecule has 0 fully saturated rings. The number of nitrogens with one attached hydrogen (secondary N) is 1. The highest BCUT2D eigenvalue weighted by Gasteiger charge is 2.17. The Morgan fingerprint density at radius 3 is 2.64 bits per heavy atom. The number of hydrogen-bond donors (Lipinski definition) is 1. The molecule has 0 spiro atoms. The molecule has 6 heteroatoms. The van der Waals surface area contributed by atoms with Crippen LogP contribution >= 0.6 is 11.3 Å². The van der Waals surface area contributed by atoms with E-state index in [4.69, 9.17) is 4.74 Å². The number of carbonyl (C=O) groups excluding carboxylic acids is 1. The Labute approximate surface area is 162 Å². The Bertz CT molecular complexity index is 861. The Balaban J connectivity index is 0.00000225. The number of para-hydroxylation sites is 1. The number of halogens is 1. The van der Waals surface area contributed by atoms with Gasteiger partial charge in [-0.2, -0.15) is 0 Å². The molecular weight excluding hydrogens is 400 g/mol. The predicted octanol–water partition coefficient (Wildman–Crippen LogP) is 1.69. The molecule has 1 aromatic heterocycles. The number of nitrogens with zero attached hydrogens (tertiary/aromatic N) is 1. The number of ketones is 1. The summed E-state index contributed by atoms with van der Waals surface area (Å²) < 4.78 is 6.66. The van der Waals surface area contributed by atoms with Crippen LogP contribution in [0.3, 0.4) is 0 Å². The Morgan fingerprint density at radius 1 is 1.24 bits per heavy atom. The summed E-state index contributed by atoms with van der Waals surface area (Å²) in [6.07, 6.45) is 0. The first-order chi connectivity index (χ1) is 11.6. The van der Waals surface area contributed by atoms with Gasteiger partial charge in [-0.25, -0.2) is 4.98 Å². The van der Waals surface area contributed by atoms with Gasteiger partial charge in [0.25, 0.3) is 0 Å². The first-order valence-electron chi connectivity index (χ1n) is 7.98. The zero-order valence-electron chi connectivity index (χ0n) is 14.4. The Hall–Kier alpha value is -1.92. The zero-order chi connectivity index (χ0) is 17.1. The molecule has 0 bridgehead atoms. The third kappa shape index (κ3) is 4.38. The maximum atomic E-state index is 12.5. The number of benzene rings is 2. The van der Waals surface area contributed by atoms with Crippen LogP contribution in [0.4, 0.5) is 5.13 Å². The van der Waals surface area contributed by atoms with Crippen molar-refractivity contribution < 1.29 is 26.5 Å². The van der Waals surface area contributed by atoms with Crippen molar-refractivity contribution in [3.8, 4) is 5.75 Å². The number of thiazole rings is 1. The van der Waals surface area contributed by atoms with Crippen LogP contribution in [0.2, 0.25) is 0 Å². The second kappa shape index (κ2) is 8.45. The normalized spacial score (nSPS) is 11.6. The lowest BCUT2D eigenvalue weighted by Crippen LogP contribution is -3.00. The standard InChI is InChI=1S/C19H20N2O2S.BrH/c1-4-23-15-6-5-7-16-17(15)21-19(24-16)20-13(3)18(22)14-10-8-12(2)9-11-14;/h5-11,13H,4H2,1-3H3,(H,20,21);1H/p-1. The number of Topliss-reactive ketones (excluding diaryl/α,β-unsaturated/α-hetero) is 1. The largest absolute Gasteiger partial charge is 1.00 e. The van der Waals surface area contributed by atoms with Gasteiger partial charge in [-0.3, -0.25) is 4.79 Å². The van der Waals surface area contributed by atoms with Gasteiger partial charge in [0.15, 0.2) is 10.9 Å². The van der Waals surface area contributed by atoms with Gasteiger partial charge in [0, 0.05) is 5.56 Å². The van der Waals surface area contributed by atoms with E-state index in [1.807, 2.05) is 63.2 Å². The summed E-state index contributed by atoms with van der Waals surface area (Å²) in [5.41, 5.74) is 2.68. The number of anilines is 1. The maximum absolute atomic E-state index is 12.5. The predicted molar refractivity (Wildman–Crippen MR) is 99.4 cm³/mol. The van der Waals surface area contributed by atoms with E-state index in [-0.39, 0.29) is 28.8 Å². The van der Waals surface area contributed by atoms with Crippen molar-refractivity contribution in [1.82, 2.24) is 4.98 Å². The van der Waals surface area contributed by atoms with Crippen LogP contribution in [0.25, 0.3) is 10.2 Å². The molecular formula is C19H20BrN2O2S-. The molecule has 0 saturated carbocycles. The van der Waals surface area contributed by atoms with E-state index < -0.39 is 0 Å². The summed E-state index contributed by atoms with van der Waals surface area (Å²) >= 11 is 1.53. The molecule has 3 aromatic rings. The third-order valence-corrected chi connectivity index (χ3v) is 4.70. The van der Waals surface area contributed by atoms with Crippen molar-refractivity contribution in [2.24, 2.45) is 0 Å². The van der Waals surface area contributed by atoms with E-state index in [1.54, 1.807) is 0 Å². The molecule has 1 N–H and O–H groups in total. The van der Waals surface area contributed by atoms with E-state index in [2.05, 4.69) is 10.3 Å². The van der Waals surface area contributed by atoms with E-state index in [9.17, 15) is 4.79 Å². The zero-order valence-corrected chi connectivity index (χ0v) is 16.8. The number of hydrogen-bond acceptors (Lipinski definition) is 5. The van der Waals surface area contributed by atoms with Crippen LogP contribution in [0.5, 0.6) is 5.75 Å². The highest BCUT2D eigenvalue weighted by atomic mass is 79.9. The van der Waals surface area contributed by atoms with Crippen molar-refractivity contribution in [3.05, 3.63) is 53.6 Å². The van der Waals surface area contributed by atoms with Crippen molar-refractivity contribution in [1.29, 1.82) is 0 Å². The first kappa shape index (κ1) is 19.4. The van der Waals surface area contributed by atoms with Crippen molar-refractivity contribution in [3.63, 3.8) is 0 Å². The summed E-state index contributed by atoms with van der Waals surface area (Å²) in [5, 5.41) is 3.94. The number of aryl methyl sites for hydroxylation is 1. The minimum absolute atomic E-state index is 0. The average molecular weight is 420 g/mol. The van der Waals surface area contributed by atoms with Crippen LogP contribution in [0.15, 0.2) is 42.5 Å². The molecule has 0 aliphatic rings. The summed E-state index contributed by atoms with van der Waals surface area (Å²) in [7, 11) is 0. The molecule has 0 amide bonds. The summed E-state index contributed by atoms with van der Waals surface area (Å²) in [5.74, 6) is 0.830. The fraction of sp³-hybridized carbons (Fsp3) is 0.263. The summed E-state index contributed by atoms with van der Waals surface area (Å²) in [6.45, 7) is 6.42. The van der Waals surface area contributed by atoms with E-state index in [0.717, 1.165) is 26.7 Å². The minimum Gasteiger partial charge on any atom is -1.00 e. The molecule has 4 nitrogen and oxygen atoms in total. The van der Waals surface area contributed by atoms with Gasteiger partial charge in [0.2, 0.25) is 0 Å². The second-order valence-corrected chi connectivity index (χ2v) is 6.68. The molecule has 1 atom stereocenters. The third-order valence-electron chi connectivity index (χ3n) is 3.75. The lowest BCUT2D eigenvalue weighted by molar-refractivity contribution is -0.0000128. The number of ether oxygens (including phenoxy) is 1. The number of carbonyl (C=O) groups is 1. The molecule has 1 unspecified atom stereocenters. The molecule has 132 valence electrons. The SMILES string of the molecule is CCOc1cccc2sc(NC(C)C(=O)c3ccc(C)cc3)nc12.[Br-]. The number of aromatic nitrogens is 1. The number of fused-ring (bicyclic) bond motifs is 1. The molecule has 0 aliphatic carbocycles. The molecule has 3 rings (SSSR count). The monoisotopic (exact) mass is 419 g/mol. The van der Waals surface area contributed by atoms with Crippen LogP contribution in [-0.4, -0.2) is 23.4 Å². The Morgan fingerprint density at radius 2 is 1.96 bits per heavy atom. The van der Waals surface area contributed by atoms with Crippen LogP contribution < -0.4 is 27.0 Å². The fourth-order valence-electron chi connectivity index (χ4n) is 2.48. The molecule has 2 aromatic carbocycles. The maximum Gasteiger partial charge on any atom is 0.184 e. The quantitative estimate of drug-likeness (QED) is 0.617. The highest BCUT2D eigenvalue weighted by molar-refractivity contribution is 7.22. The molecule has 0 saturated heterocycles. The van der Waals surface area contributed by atoms with Gasteiger partial charge in [-0.1, -0.05) is 47.2 Å². The first-order valence-corrected chi connectivity index (χ1v) is 8.80. The molecule has 25 heavy (non-hydrogen) atoms. The summed E-state index contributed by atoms with van der Waals surface area (Å²) in [6, 6.07) is 13.2. The van der Waals surface area contributed by atoms with Crippen molar-refractivity contribution in [2.45, 2.75) is 26.8 Å². The smallest absolute Gasteiger partial charge is 0.184 e. The van der Waals surface area contributed by atoms with Gasteiger partial charge < -0.3 is 27.0 Å². The summed E-state index contributed by atoms with van der Waals surface area (Å²) in [4.78, 5) is 17.1. The molecule has 0 aliphatic heterocycles. The van der Waals surface area contributed by atoms with E-state index in [0.29, 0.717) is 12.2 Å². The van der Waals surface area contributed by atoms with Gasteiger partial charge >= 0.3 is 0 Å². The fourth-order valence-corrected chi connectivity index (χ4v) is 3.45. The number of rotatable bonds is 6. The van der Waals surface area contributed by atoms with Gasteiger partial charge in [0.1, 0.15) is 11.3 Å². The van der Waals surface area contributed by atoms with Gasteiger partial charge in [-0.15, -0.1) is 0 Å².